The number of nitro benzene ring substituents is 1. The number of nitro groups is 1. The van der Waals surface area contributed by atoms with Crippen molar-refractivity contribution >= 4 is 51.6 Å². The summed E-state index contributed by atoms with van der Waals surface area (Å²) in [5.74, 6) is -2.70. The van der Waals surface area contributed by atoms with Crippen LogP contribution in [0.1, 0.15) is 26.5 Å². The molecule has 6 rings (SSSR count). The molecule has 4 aromatic rings. The minimum absolute atomic E-state index is 0. The van der Waals surface area contributed by atoms with Gasteiger partial charge in [-0.3, -0.25) is 19.7 Å². The van der Waals surface area contributed by atoms with E-state index in [0.29, 0.717) is 33.9 Å². The van der Waals surface area contributed by atoms with Crippen LogP contribution in [0.15, 0.2) is 122 Å². The fraction of sp³-hybridized carbons (Fsp3) is 0.118. The van der Waals surface area contributed by atoms with Gasteiger partial charge in [0.2, 0.25) is 5.78 Å². The zero-order valence-electron chi connectivity index (χ0n) is 29.2. The molecule has 3 aromatic carbocycles. The van der Waals surface area contributed by atoms with Gasteiger partial charge in [0.25, 0.3) is 5.69 Å². The van der Waals surface area contributed by atoms with E-state index in [1.54, 1.807) is 76.2 Å². The standard InChI is InChI=1S/C17H15N5O4.C17H13N5O4.Cr/c2*1-10-8-13(16(23)14(9-10)22(25)26)18-19-15-11(2)20-21(17(15)24)12-6-4-3-5-7-12;/h3-9,23-24H,1-2H3;3-9H,1-2H3;/q;-2;+3/p-1. The van der Waals surface area contributed by atoms with E-state index in [1.807, 2.05) is 12.1 Å². The number of azo groups is 1. The van der Waals surface area contributed by atoms with E-state index in [1.165, 1.54) is 34.0 Å². The third-order valence-corrected chi connectivity index (χ3v) is 7.27. The molecule has 0 saturated carbocycles. The molecule has 19 heteroatoms. The van der Waals surface area contributed by atoms with Crippen LogP contribution in [0, 0.1) is 34.4 Å². The Morgan fingerprint density at radius 2 is 1.47 bits per heavy atom. The molecule has 1 aliphatic heterocycles. The van der Waals surface area contributed by atoms with E-state index in [2.05, 4.69) is 30.6 Å². The maximum Gasteiger partial charge on any atom is 3.00 e. The molecular weight excluding hydrogens is 728 g/mol. The molecule has 0 bridgehead atoms. The number of carbonyl (C=O) groups is 2. The third kappa shape index (κ3) is 8.64. The normalized spacial score (nSPS) is 15.5. The van der Waals surface area contributed by atoms with Crippen molar-refractivity contribution in [2.75, 3.05) is 5.01 Å². The number of para-hydroxylation sites is 2. The molecule has 53 heavy (non-hydrogen) atoms. The van der Waals surface area contributed by atoms with E-state index in [0.717, 1.165) is 0 Å². The third-order valence-electron chi connectivity index (χ3n) is 7.27. The van der Waals surface area contributed by atoms with Crippen molar-refractivity contribution in [3.8, 4) is 17.3 Å². The summed E-state index contributed by atoms with van der Waals surface area (Å²) in [5.41, 5.74) is 1.13. The van der Waals surface area contributed by atoms with E-state index < -0.39 is 44.9 Å². The van der Waals surface area contributed by atoms with Gasteiger partial charge in [-0.15, -0.1) is 15.3 Å². The Hall–Kier alpha value is -6.65. The average Bonchev–Trinajstić information content (AvgIpc) is 3.57. The Morgan fingerprint density at radius 1 is 0.849 bits per heavy atom. The van der Waals surface area contributed by atoms with Crippen LogP contribution in [0.25, 0.3) is 5.69 Å². The number of hydrazone groups is 1. The number of hydrogen-bond donors (Lipinski definition) is 0. The predicted molar refractivity (Wildman–Crippen MR) is 188 cm³/mol. The number of nitrogens with zero attached hydrogens (tertiary/aromatic N) is 10. The summed E-state index contributed by atoms with van der Waals surface area (Å²) in [4.78, 5) is 34.8. The van der Waals surface area contributed by atoms with Crippen LogP contribution >= 0.6 is 0 Å². The van der Waals surface area contributed by atoms with Gasteiger partial charge in [-0.25, -0.2) is 4.68 Å². The summed E-state index contributed by atoms with van der Waals surface area (Å²) < 4.78 is 1.18. The molecular formula is C34H27CrN10O8. The molecule has 0 fully saturated rings. The van der Waals surface area contributed by atoms with Gasteiger partial charge >= 0.3 is 24.7 Å². The van der Waals surface area contributed by atoms with Crippen molar-refractivity contribution in [1.29, 1.82) is 0 Å². The quantitative estimate of drug-likeness (QED) is 0.106. The van der Waals surface area contributed by atoms with Crippen LogP contribution in [-0.4, -0.2) is 48.8 Å². The molecule has 267 valence electrons. The Kier molecular flexibility index (Phi) is 12.2. The van der Waals surface area contributed by atoms with E-state index in [9.17, 15) is 40.3 Å². The number of rotatable bonds is 7. The van der Waals surface area contributed by atoms with Crippen molar-refractivity contribution in [3.05, 3.63) is 128 Å². The fourth-order valence-corrected chi connectivity index (χ4v) is 4.81. The molecule has 2 heterocycles. The molecule has 0 atom stereocenters. The second kappa shape index (κ2) is 16.6. The summed E-state index contributed by atoms with van der Waals surface area (Å²) in [6.07, 6.45) is 2.54. The SMILES string of the molecule is CC1=CC(=NN=C2C(=O)N(c3ccccc3)N=C2C)C(=O)C(N([O-])[O-])=C1.Cc1cc(N=Nc2c(C)nn(-c3ccccc3)c2[O-])c([O-])c([N+](=O)[O-])c1.[Cr+3].[H+]. The fourth-order valence-electron chi connectivity index (χ4n) is 4.81. The van der Waals surface area contributed by atoms with Gasteiger partial charge in [0.1, 0.15) is 11.4 Å². The molecule has 1 aliphatic carbocycles. The number of carbonyl (C=O) groups excluding carboxylic acids is 2. The number of ketones is 1. The Bertz CT molecular complexity index is 2270. The number of amides is 1. The van der Waals surface area contributed by atoms with Crippen molar-refractivity contribution in [2.24, 2.45) is 25.5 Å². The maximum atomic E-state index is 12.5. The molecule has 1 aromatic heterocycles. The van der Waals surface area contributed by atoms with Crippen molar-refractivity contribution in [3.63, 3.8) is 0 Å². The second-order valence-corrected chi connectivity index (χ2v) is 11.2. The topological polar surface area (TPSA) is 256 Å². The smallest absolute Gasteiger partial charge is 0.866 e. The van der Waals surface area contributed by atoms with E-state index in [4.69, 9.17) is 0 Å². The van der Waals surface area contributed by atoms with Crippen LogP contribution in [0.4, 0.5) is 22.7 Å². The Labute approximate surface area is 313 Å². The van der Waals surface area contributed by atoms with Gasteiger partial charge < -0.3 is 25.9 Å². The summed E-state index contributed by atoms with van der Waals surface area (Å²) >= 11 is 0. The summed E-state index contributed by atoms with van der Waals surface area (Å²) in [6, 6.07) is 20.1. The molecule has 2 aliphatic rings. The number of aromatic nitrogens is 2. The zero-order chi connectivity index (χ0) is 37.7. The summed E-state index contributed by atoms with van der Waals surface area (Å²) in [5, 5.41) is 81.3. The number of hydroxylamine groups is 2. The van der Waals surface area contributed by atoms with Crippen LogP contribution in [0.3, 0.4) is 0 Å². The van der Waals surface area contributed by atoms with Crippen LogP contribution < -0.4 is 15.2 Å². The van der Waals surface area contributed by atoms with Gasteiger partial charge in [-0.1, -0.05) is 36.4 Å². The monoisotopic (exact) mass is 755 g/mol. The molecule has 0 unspecified atom stereocenters. The minimum Gasteiger partial charge on any atom is -0.866 e. The molecule has 0 N–H and O–H groups in total. The van der Waals surface area contributed by atoms with E-state index in [-0.39, 0.29) is 41.6 Å². The van der Waals surface area contributed by atoms with Crippen LogP contribution in [-0.2, 0) is 27.0 Å². The summed E-state index contributed by atoms with van der Waals surface area (Å²) in [6.45, 7) is 6.38. The molecule has 18 nitrogen and oxygen atoms in total. The van der Waals surface area contributed by atoms with Gasteiger partial charge in [0.05, 0.1) is 39.1 Å². The van der Waals surface area contributed by atoms with Gasteiger partial charge in [-0.05, 0) is 81.3 Å². The van der Waals surface area contributed by atoms with Crippen LogP contribution in [0.5, 0.6) is 11.6 Å². The number of hydrogen-bond acceptors (Lipinski definition) is 15. The molecule has 1 amide bonds. The second-order valence-electron chi connectivity index (χ2n) is 11.2. The number of Topliss-reactive ketones (excluding diaryl/α,β-unsaturated/α-hetero) is 1. The van der Waals surface area contributed by atoms with Gasteiger partial charge in [0, 0.05) is 17.7 Å². The molecule has 0 saturated heterocycles. The predicted octanol–water partition coefficient (Wildman–Crippen LogP) is 4.99. The van der Waals surface area contributed by atoms with Gasteiger partial charge in [0.15, 0.2) is 5.71 Å². The van der Waals surface area contributed by atoms with Crippen molar-refractivity contribution in [1.82, 2.24) is 15.0 Å². The Morgan fingerprint density at radius 3 is 2.08 bits per heavy atom. The van der Waals surface area contributed by atoms with Crippen molar-refractivity contribution in [2.45, 2.75) is 27.7 Å². The number of benzene rings is 3. The van der Waals surface area contributed by atoms with Gasteiger partial charge in [-0.2, -0.15) is 20.3 Å². The minimum atomic E-state index is -0.857. The number of allylic oxidation sites excluding steroid dienone is 4. The average molecular weight is 756 g/mol. The first-order valence-electron chi connectivity index (χ1n) is 15.2. The van der Waals surface area contributed by atoms with Crippen molar-refractivity contribution < 1.29 is 43.5 Å². The summed E-state index contributed by atoms with van der Waals surface area (Å²) in [7, 11) is 0. The maximum absolute atomic E-state index is 12.5. The zero-order valence-corrected chi connectivity index (χ0v) is 29.5. The number of aryl methyl sites for hydroxylation is 2. The molecule has 1 radical (unpaired) electrons. The molecule has 0 spiro atoms. The van der Waals surface area contributed by atoms with E-state index >= 15 is 0 Å². The first-order valence-corrected chi connectivity index (χ1v) is 15.2. The van der Waals surface area contributed by atoms with Crippen LogP contribution in [0.2, 0.25) is 0 Å². The first-order chi connectivity index (χ1) is 24.8. The largest absolute Gasteiger partial charge is 3.00 e. The number of anilines is 1. The Balaban J connectivity index is 0.000000280. The first kappa shape index (κ1) is 39.1.